The minimum absolute atomic E-state index is 0.0548. The van der Waals surface area contributed by atoms with E-state index in [0.717, 1.165) is 17.1 Å². The molecule has 22 heavy (non-hydrogen) atoms. The van der Waals surface area contributed by atoms with Gasteiger partial charge in [-0.05, 0) is 23.8 Å². The number of β-amino-alcohol motifs (C(OH)–C–C–N with tert-alkyl or cyclic N) is 1. The fourth-order valence-corrected chi connectivity index (χ4v) is 1.95. The highest BCUT2D eigenvalue weighted by Crippen LogP contribution is 2.18. The molecule has 0 saturated heterocycles. The molecule has 1 aromatic carbocycles. The number of nitrogens with zero attached hydrogens (tertiary/aromatic N) is 1. The molecule has 0 radical (unpaired) electrons. The lowest BCUT2D eigenvalue weighted by Crippen LogP contribution is -2.34. The van der Waals surface area contributed by atoms with Crippen LogP contribution in [0.1, 0.15) is 5.56 Å². The maximum atomic E-state index is 12.0. The Kier molecular flexibility index (Phi) is 4.70. The van der Waals surface area contributed by atoms with Crippen LogP contribution >= 0.6 is 0 Å². The summed E-state index contributed by atoms with van der Waals surface area (Å²) < 4.78 is 0. The van der Waals surface area contributed by atoms with Crippen LogP contribution in [0, 0.1) is 0 Å². The van der Waals surface area contributed by atoms with E-state index in [4.69, 9.17) is 10.2 Å². The SMILES string of the molecule is O=C(O)C=Cc1cccc(NC2=CC(=O)N(CCO)C2=O)c1. The number of aliphatic hydroxyl groups is 1. The maximum absolute atomic E-state index is 12.0. The van der Waals surface area contributed by atoms with Crippen LogP contribution in [0.4, 0.5) is 5.69 Å². The number of imide groups is 1. The zero-order valence-electron chi connectivity index (χ0n) is 11.5. The van der Waals surface area contributed by atoms with Crippen molar-refractivity contribution in [2.24, 2.45) is 0 Å². The van der Waals surface area contributed by atoms with E-state index in [-0.39, 0.29) is 18.8 Å². The summed E-state index contributed by atoms with van der Waals surface area (Å²) in [5.74, 6) is -2.05. The summed E-state index contributed by atoms with van der Waals surface area (Å²) >= 11 is 0. The molecular formula is C15H14N2O5. The first-order valence-corrected chi connectivity index (χ1v) is 6.48. The number of carboxylic acids is 1. The van der Waals surface area contributed by atoms with E-state index in [0.29, 0.717) is 11.3 Å². The number of hydrogen-bond donors (Lipinski definition) is 3. The average molecular weight is 302 g/mol. The zero-order valence-corrected chi connectivity index (χ0v) is 11.5. The van der Waals surface area contributed by atoms with Crippen molar-refractivity contribution in [2.75, 3.05) is 18.5 Å². The number of aliphatic hydroxyl groups excluding tert-OH is 1. The highest BCUT2D eigenvalue weighted by Gasteiger charge is 2.30. The van der Waals surface area contributed by atoms with Gasteiger partial charge in [0.25, 0.3) is 11.8 Å². The van der Waals surface area contributed by atoms with E-state index in [9.17, 15) is 14.4 Å². The Hall–Kier alpha value is -2.93. The summed E-state index contributed by atoms with van der Waals surface area (Å²) in [6.45, 7) is -0.352. The van der Waals surface area contributed by atoms with Crippen LogP contribution in [0.5, 0.6) is 0 Å². The number of hydrogen-bond acceptors (Lipinski definition) is 5. The molecular weight excluding hydrogens is 288 g/mol. The number of carboxylic acid groups (broad SMARTS) is 1. The molecule has 1 heterocycles. The second-order valence-corrected chi connectivity index (χ2v) is 4.50. The minimum Gasteiger partial charge on any atom is -0.478 e. The zero-order chi connectivity index (χ0) is 16.1. The third-order valence-corrected chi connectivity index (χ3v) is 2.92. The summed E-state index contributed by atoms with van der Waals surface area (Å²) in [7, 11) is 0. The first kappa shape index (κ1) is 15.5. The fraction of sp³-hybridized carbons (Fsp3) is 0.133. The number of nitrogens with one attached hydrogen (secondary N) is 1. The van der Waals surface area contributed by atoms with E-state index < -0.39 is 17.8 Å². The second kappa shape index (κ2) is 6.68. The third-order valence-electron chi connectivity index (χ3n) is 2.92. The van der Waals surface area contributed by atoms with Crippen molar-refractivity contribution in [1.29, 1.82) is 0 Å². The van der Waals surface area contributed by atoms with E-state index in [1.54, 1.807) is 24.3 Å². The van der Waals surface area contributed by atoms with Crippen LogP contribution in [0.25, 0.3) is 6.08 Å². The van der Waals surface area contributed by atoms with E-state index in [1.165, 1.54) is 6.08 Å². The van der Waals surface area contributed by atoms with Gasteiger partial charge < -0.3 is 15.5 Å². The van der Waals surface area contributed by atoms with Crippen molar-refractivity contribution in [3.8, 4) is 0 Å². The Morgan fingerprint density at radius 3 is 2.77 bits per heavy atom. The van der Waals surface area contributed by atoms with Gasteiger partial charge in [-0.25, -0.2) is 4.79 Å². The van der Waals surface area contributed by atoms with Gasteiger partial charge in [-0.3, -0.25) is 14.5 Å². The van der Waals surface area contributed by atoms with Crippen LogP contribution < -0.4 is 5.32 Å². The Morgan fingerprint density at radius 1 is 1.32 bits per heavy atom. The molecule has 7 heteroatoms. The van der Waals surface area contributed by atoms with Crippen LogP contribution in [0.2, 0.25) is 0 Å². The van der Waals surface area contributed by atoms with Crippen molar-refractivity contribution < 1.29 is 24.6 Å². The molecule has 0 saturated carbocycles. The molecule has 7 nitrogen and oxygen atoms in total. The van der Waals surface area contributed by atoms with Gasteiger partial charge in [-0.1, -0.05) is 12.1 Å². The van der Waals surface area contributed by atoms with Crippen LogP contribution in [0.3, 0.4) is 0 Å². The highest BCUT2D eigenvalue weighted by atomic mass is 16.4. The topological polar surface area (TPSA) is 107 Å². The normalized spacial score (nSPS) is 14.6. The van der Waals surface area contributed by atoms with Crippen LogP contribution in [-0.4, -0.2) is 46.0 Å². The summed E-state index contributed by atoms with van der Waals surface area (Å²) in [5, 5.41) is 20.3. The van der Waals surface area contributed by atoms with Gasteiger partial charge in [0, 0.05) is 17.8 Å². The summed E-state index contributed by atoms with van der Waals surface area (Å²) in [6, 6.07) is 6.73. The average Bonchev–Trinajstić information content (AvgIpc) is 2.74. The Bertz CT molecular complexity index is 678. The molecule has 2 amide bonds. The van der Waals surface area contributed by atoms with Crippen molar-refractivity contribution in [1.82, 2.24) is 4.90 Å². The van der Waals surface area contributed by atoms with E-state index >= 15 is 0 Å². The molecule has 0 fully saturated rings. The first-order valence-electron chi connectivity index (χ1n) is 6.48. The lowest BCUT2D eigenvalue weighted by atomic mass is 10.2. The van der Waals surface area contributed by atoms with Gasteiger partial charge in [-0.2, -0.15) is 0 Å². The molecule has 0 aliphatic carbocycles. The summed E-state index contributed by atoms with van der Waals surface area (Å²) in [6.07, 6.45) is 3.59. The predicted octanol–water partition coefficient (Wildman–Crippen LogP) is 0.441. The maximum Gasteiger partial charge on any atom is 0.328 e. The Balaban J connectivity index is 2.13. The molecule has 0 spiro atoms. The number of anilines is 1. The summed E-state index contributed by atoms with van der Waals surface area (Å²) in [5.41, 5.74) is 1.29. The lowest BCUT2D eigenvalue weighted by molar-refractivity contribution is -0.137. The molecule has 3 N–H and O–H groups in total. The first-order chi connectivity index (χ1) is 10.5. The second-order valence-electron chi connectivity index (χ2n) is 4.50. The Morgan fingerprint density at radius 2 is 2.09 bits per heavy atom. The van der Waals surface area contributed by atoms with Gasteiger partial charge in [0.15, 0.2) is 0 Å². The van der Waals surface area contributed by atoms with Crippen molar-refractivity contribution in [3.05, 3.63) is 47.7 Å². The lowest BCUT2D eigenvalue weighted by Gasteiger charge is -2.13. The molecule has 1 aliphatic rings. The molecule has 1 aliphatic heterocycles. The van der Waals surface area contributed by atoms with Crippen molar-refractivity contribution in [2.45, 2.75) is 0 Å². The smallest absolute Gasteiger partial charge is 0.328 e. The molecule has 1 aromatic rings. The highest BCUT2D eigenvalue weighted by molar-refractivity contribution is 6.17. The standard InChI is InChI=1S/C15H14N2O5/c18-7-6-17-13(19)9-12(15(17)22)16-11-3-1-2-10(8-11)4-5-14(20)21/h1-5,8-9,16,18H,6-7H2,(H,20,21). The van der Waals surface area contributed by atoms with Crippen molar-refractivity contribution >= 4 is 29.5 Å². The molecule has 0 atom stereocenters. The van der Waals surface area contributed by atoms with Crippen LogP contribution in [0.15, 0.2) is 42.1 Å². The minimum atomic E-state index is -1.06. The fourth-order valence-electron chi connectivity index (χ4n) is 1.95. The van der Waals surface area contributed by atoms with Crippen LogP contribution in [-0.2, 0) is 14.4 Å². The molecule has 114 valence electrons. The predicted molar refractivity (Wildman–Crippen MR) is 78.6 cm³/mol. The number of carbonyl (C=O) groups is 3. The van der Waals surface area contributed by atoms with Crippen molar-refractivity contribution in [3.63, 3.8) is 0 Å². The van der Waals surface area contributed by atoms with E-state index in [1.807, 2.05) is 0 Å². The number of benzene rings is 1. The van der Waals surface area contributed by atoms with Gasteiger partial charge >= 0.3 is 5.97 Å². The van der Waals surface area contributed by atoms with Gasteiger partial charge in [0.2, 0.25) is 0 Å². The molecule has 0 aromatic heterocycles. The number of rotatable bonds is 6. The largest absolute Gasteiger partial charge is 0.478 e. The number of amides is 2. The van der Waals surface area contributed by atoms with Gasteiger partial charge in [0.1, 0.15) is 5.70 Å². The van der Waals surface area contributed by atoms with Gasteiger partial charge in [0.05, 0.1) is 13.2 Å². The molecule has 0 bridgehead atoms. The third kappa shape index (κ3) is 3.58. The number of aliphatic carboxylic acids is 1. The molecule has 2 rings (SSSR count). The number of carbonyl (C=O) groups excluding carboxylic acids is 2. The molecule has 0 unspecified atom stereocenters. The monoisotopic (exact) mass is 302 g/mol. The summed E-state index contributed by atoms with van der Waals surface area (Å²) in [4.78, 5) is 35.0. The Labute approximate surface area is 126 Å². The van der Waals surface area contributed by atoms with E-state index in [2.05, 4.69) is 5.32 Å². The quantitative estimate of drug-likeness (QED) is 0.520. The van der Waals surface area contributed by atoms with Gasteiger partial charge in [-0.15, -0.1) is 0 Å².